The van der Waals surface area contributed by atoms with Crippen LogP contribution in [0.5, 0.6) is 5.75 Å². The minimum atomic E-state index is -0.329. The number of nitrogens with zero attached hydrogens (tertiary/aromatic N) is 1. The van der Waals surface area contributed by atoms with Crippen LogP contribution in [0, 0.1) is 0 Å². The maximum Gasteiger partial charge on any atom is 0.356 e. The minimum absolute atomic E-state index is 0.272. The SMILES string of the molecule is CCOC(=O)c1c2c3c(c(O)ccc3n1Cc1ccc(Cl)cc1)CC(C)S2. The molecule has 0 aliphatic carbocycles. The van der Waals surface area contributed by atoms with Crippen molar-refractivity contribution in [1.29, 1.82) is 0 Å². The number of phenolic OH excluding ortho intramolecular Hbond substituents is 1. The lowest BCUT2D eigenvalue weighted by Crippen LogP contribution is -2.15. The molecular weight excluding hydrogens is 382 g/mol. The first-order valence-electron chi connectivity index (χ1n) is 8.94. The molecule has 1 aliphatic rings. The Bertz CT molecular complexity index is 1030. The highest BCUT2D eigenvalue weighted by atomic mass is 35.5. The molecule has 0 radical (unpaired) electrons. The first-order chi connectivity index (χ1) is 13.0. The third-order valence-corrected chi connectivity index (χ3v) is 6.26. The summed E-state index contributed by atoms with van der Waals surface area (Å²) in [6.07, 6.45) is 0.772. The van der Waals surface area contributed by atoms with Crippen molar-refractivity contribution in [2.24, 2.45) is 0 Å². The Kier molecular flexibility index (Phi) is 4.82. The van der Waals surface area contributed by atoms with Crippen LogP contribution in [-0.4, -0.2) is 27.5 Å². The second-order valence-corrected chi connectivity index (χ2v) is 8.59. The molecule has 2 aromatic carbocycles. The average molecular weight is 402 g/mol. The highest BCUT2D eigenvalue weighted by Gasteiger charge is 2.31. The Morgan fingerprint density at radius 3 is 2.74 bits per heavy atom. The van der Waals surface area contributed by atoms with Gasteiger partial charge in [0.1, 0.15) is 11.4 Å². The number of phenols is 1. The molecule has 0 amide bonds. The zero-order valence-electron chi connectivity index (χ0n) is 15.2. The van der Waals surface area contributed by atoms with E-state index in [0.717, 1.165) is 33.3 Å². The molecule has 4 rings (SSSR count). The van der Waals surface area contributed by atoms with Crippen LogP contribution in [0.2, 0.25) is 5.02 Å². The molecule has 0 fully saturated rings. The van der Waals surface area contributed by atoms with Gasteiger partial charge in [-0.15, -0.1) is 11.8 Å². The first-order valence-corrected chi connectivity index (χ1v) is 10.2. The molecule has 3 aromatic rings. The number of aromatic nitrogens is 1. The number of hydrogen-bond donors (Lipinski definition) is 1. The number of hydrogen-bond acceptors (Lipinski definition) is 4. The van der Waals surface area contributed by atoms with Gasteiger partial charge in [-0.05, 0) is 43.2 Å². The van der Waals surface area contributed by atoms with E-state index in [1.165, 1.54) is 0 Å². The van der Waals surface area contributed by atoms with Crippen LogP contribution in [0.3, 0.4) is 0 Å². The van der Waals surface area contributed by atoms with Crippen LogP contribution in [0.25, 0.3) is 10.9 Å². The van der Waals surface area contributed by atoms with Gasteiger partial charge >= 0.3 is 5.97 Å². The first kappa shape index (κ1) is 18.3. The van der Waals surface area contributed by atoms with Gasteiger partial charge in [-0.2, -0.15) is 0 Å². The molecular formula is C21H20ClNO3S. The Morgan fingerprint density at radius 2 is 2.04 bits per heavy atom. The minimum Gasteiger partial charge on any atom is -0.508 e. The fourth-order valence-electron chi connectivity index (χ4n) is 3.65. The maximum atomic E-state index is 12.8. The molecule has 140 valence electrons. The van der Waals surface area contributed by atoms with E-state index in [4.69, 9.17) is 16.3 Å². The molecule has 1 N–H and O–H groups in total. The highest BCUT2D eigenvalue weighted by Crippen LogP contribution is 2.46. The summed E-state index contributed by atoms with van der Waals surface area (Å²) in [6.45, 7) is 4.76. The molecule has 0 bridgehead atoms. The second-order valence-electron chi connectivity index (χ2n) is 6.70. The van der Waals surface area contributed by atoms with Gasteiger partial charge in [0.25, 0.3) is 0 Å². The van der Waals surface area contributed by atoms with E-state index < -0.39 is 0 Å². The summed E-state index contributed by atoms with van der Waals surface area (Å²) < 4.78 is 7.37. The molecule has 1 aromatic heterocycles. The van der Waals surface area contributed by atoms with Crippen molar-refractivity contribution in [1.82, 2.24) is 4.57 Å². The Hall–Kier alpha value is -2.11. The van der Waals surface area contributed by atoms with Gasteiger partial charge in [0.05, 0.1) is 12.1 Å². The second kappa shape index (κ2) is 7.13. The summed E-state index contributed by atoms with van der Waals surface area (Å²) in [7, 11) is 0. The summed E-state index contributed by atoms with van der Waals surface area (Å²) >= 11 is 7.68. The largest absolute Gasteiger partial charge is 0.508 e. The summed E-state index contributed by atoms with van der Waals surface area (Å²) in [6, 6.07) is 11.2. The van der Waals surface area contributed by atoms with E-state index in [0.29, 0.717) is 23.9 Å². The van der Waals surface area contributed by atoms with Crippen LogP contribution >= 0.6 is 23.4 Å². The van der Waals surface area contributed by atoms with Crippen molar-refractivity contribution in [2.75, 3.05) is 6.61 Å². The van der Waals surface area contributed by atoms with E-state index in [-0.39, 0.29) is 17.0 Å². The standard InChI is InChI=1S/C21H20ClNO3S/c1-3-26-21(25)19-20-18-15(10-12(2)27-20)17(24)9-8-16(18)23(19)11-13-4-6-14(22)7-5-13/h4-9,12,24H,3,10-11H2,1-2H3. The fourth-order valence-corrected chi connectivity index (χ4v) is 5.08. The Labute approximate surface area is 167 Å². The van der Waals surface area contributed by atoms with E-state index in [1.54, 1.807) is 17.8 Å². The van der Waals surface area contributed by atoms with Crippen molar-refractivity contribution in [3.8, 4) is 5.75 Å². The number of carbonyl (C=O) groups is 1. The van der Waals surface area contributed by atoms with Crippen LogP contribution < -0.4 is 0 Å². The van der Waals surface area contributed by atoms with Crippen LogP contribution in [0.4, 0.5) is 0 Å². The molecule has 0 saturated carbocycles. The topological polar surface area (TPSA) is 51.5 Å². The number of esters is 1. The number of thioether (sulfide) groups is 1. The van der Waals surface area contributed by atoms with Crippen LogP contribution in [-0.2, 0) is 17.7 Å². The van der Waals surface area contributed by atoms with E-state index in [1.807, 2.05) is 41.8 Å². The maximum absolute atomic E-state index is 12.8. The monoisotopic (exact) mass is 401 g/mol. The van der Waals surface area contributed by atoms with E-state index in [9.17, 15) is 9.90 Å². The Balaban J connectivity index is 1.96. The molecule has 2 heterocycles. The summed E-state index contributed by atoms with van der Waals surface area (Å²) in [5, 5.41) is 12.3. The molecule has 4 nitrogen and oxygen atoms in total. The fraction of sp³-hybridized carbons (Fsp3) is 0.286. The van der Waals surface area contributed by atoms with Crippen molar-refractivity contribution in [2.45, 2.75) is 37.0 Å². The molecule has 1 atom stereocenters. The molecule has 1 unspecified atom stereocenters. The third kappa shape index (κ3) is 3.19. The molecule has 1 aliphatic heterocycles. The van der Waals surface area contributed by atoms with Crippen molar-refractivity contribution >= 4 is 40.2 Å². The van der Waals surface area contributed by atoms with Gasteiger partial charge in [0, 0.05) is 32.7 Å². The Morgan fingerprint density at radius 1 is 1.30 bits per heavy atom. The lowest BCUT2D eigenvalue weighted by molar-refractivity contribution is 0.0510. The number of halogens is 1. The van der Waals surface area contributed by atoms with Gasteiger partial charge in [0.2, 0.25) is 0 Å². The average Bonchev–Trinajstić information content (AvgIpc) is 2.94. The zero-order valence-corrected chi connectivity index (χ0v) is 16.7. The third-order valence-electron chi connectivity index (χ3n) is 4.80. The lowest BCUT2D eigenvalue weighted by Gasteiger charge is -2.19. The van der Waals surface area contributed by atoms with Gasteiger partial charge in [-0.25, -0.2) is 4.79 Å². The number of benzene rings is 2. The summed E-state index contributed by atoms with van der Waals surface area (Å²) in [5.41, 5.74) is 3.45. The molecule has 0 saturated heterocycles. The number of ether oxygens (including phenoxy) is 1. The van der Waals surface area contributed by atoms with Gasteiger partial charge < -0.3 is 14.4 Å². The summed E-state index contributed by atoms with van der Waals surface area (Å²) in [4.78, 5) is 13.8. The van der Waals surface area contributed by atoms with Gasteiger partial charge in [-0.1, -0.05) is 30.7 Å². The number of carbonyl (C=O) groups excluding carboxylic acids is 1. The number of aromatic hydroxyl groups is 1. The predicted molar refractivity (Wildman–Crippen MR) is 109 cm³/mol. The number of rotatable bonds is 4. The predicted octanol–water partition coefficient (Wildman–Crippen LogP) is 5.26. The molecule has 27 heavy (non-hydrogen) atoms. The normalized spacial score (nSPS) is 15.9. The molecule has 6 heteroatoms. The van der Waals surface area contributed by atoms with Crippen molar-refractivity contribution in [3.05, 3.63) is 58.2 Å². The quantitative estimate of drug-likeness (QED) is 0.605. The van der Waals surface area contributed by atoms with Gasteiger partial charge in [-0.3, -0.25) is 0 Å². The van der Waals surface area contributed by atoms with E-state index in [2.05, 4.69) is 6.92 Å². The van der Waals surface area contributed by atoms with E-state index >= 15 is 0 Å². The summed E-state index contributed by atoms with van der Waals surface area (Å²) in [5.74, 6) is -0.0420. The van der Waals surface area contributed by atoms with Crippen molar-refractivity contribution < 1.29 is 14.6 Å². The van der Waals surface area contributed by atoms with Crippen LogP contribution in [0.1, 0.15) is 35.5 Å². The molecule has 0 spiro atoms. The van der Waals surface area contributed by atoms with Crippen LogP contribution in [0.15, 0.2) is 41.3 Å². The zero-order chi connectivity index (χ0) is 19.1. The van der Waals surface area contributed by atoms with Gasteiger partial charge in [0.15, 0.2) is 0 Å². The lowest BCUT2D eigenvalue weighted by atomic mass is 10.0. The highest BCUT2D eigenvalue weighted by molar-refractivity contribution is 8.00. The smallest absolute Gasteiger partial charge is 0.356 e. The van der Waals surface area contributed by atoms with Crippen molar-refractivity contribution in [3.63, 3.8) is 0 Å².